The molecule has 2 aromatic rings. The van der Waals surface area contributed by atoms with Crippen molar-refractivity contribution in [2.75, 3.05) is 5.75 Å². The van der Waals surface area contributed by atoms with Gasteiger partial charge in [0.15, 0.2) is 5.58 Å². The largest absolute Gasteiger partial charge is 0.419 e. The zero-order valence-electron chi connectivity index (χ0n) is 8.06. The summed E-state index contributed by atoms with van der Waals surface area (Å²) < 4.78 is 6.44. The molecule has 1 heterocycles. The molecule has 4 nitrogen and oxygen atoms in total. The Hall–Kier alpha value is -1.67. The Morgan fingerprint density at radius 3 is 3.13 bits per heavy atom. The lowest BCUT2D eigenvalue weighted by molar-refractivity contribution is 0.528. The van der Waals surface area contributed by atoms with Gasteiger partial charge in [-0.3, -0.25) is 4.57 Å². The Kier molecular flexibility index (Phi) is 2.52. The molecule has 0 N–H and O–H groups in total. The standard InChI is InChI=1S/C10H8N2O2S/c1-12-8-6-7(15-5-4-11)2-3-9(8)14-10(12)13/h2-3,6H,5H2,1H3. The summed E-state index contributed by atoms with van der Waals surface area (Å²) in [7, 11) is 1.66. The number of rotatable bonds is 2. The van der Waals surface area contributed by atoms with Gasteiger partial charge in [-0.05, 0) is 18.2 Å². The summed E-state index contributed by atoms with van der Waals surface area (Å²) in [5.74, 6) is 0.0320. The summed E-state index contributed by atoms with van der Waals surface area (Å²) in [5.41, 5.74) is 1.33. The van der Waals surface area contributed by atoms with Crippen LogP contribution in [0.4, 0.5) is 0 Å². The fourth-order valence-corrected chi connectivity index (χ4v) is 1.90. The van der Waals surface area contributed by atoms with E-state index in [1.54, 1.807) is 13.1 Å². The zero-order chi connectivity index (χ0) is 10.8. The monoisotopic (exact) mass is 220 g/mol. The minimum absolute atomic E-state index is 0.368. The van der Waals surface area contributed by atoms with Crippen molar-refractivity contribution in [3.63, 3.8) is 0 Å². The summed E-state index contributed by atoms with van der Waals surface area (Å²) in [6.45, 7) is 0. The number of aryl methyl sites for hydroxylation is 1. The number of fused-ring (bicyclic) bond motifs is 1. The van der Waals surface area contributed by atoms with Gasteiger partial charge in [-0.1, -0.05) is 0 Å². The average Bonchev–Trinajstić information content (AvgIpc) is 2.52. The minimum Gasteiger partial charge on any atom is -0.408 e. The van der Waals surface area contributed by atoms with Gasteiger partial charge >= 0.3 is 5.76 Å². The lowest BCUT2D eigenvalue weighted by Gasteiger charge is -1.97. The molecule has 0 saturated heterocycles. The molecule has 0 aliphatic carbocycles. The molecule has 0 amide bonds. The second-order valence-corrected chi connectivity index (χ2v) is 4.05. The fraction of sp³-hybridized carbons (Fsp3) is 0.200. The summed E-state index contributed by atoms with van der Waals surface area (Å²) in [6.07, 6.45) is 0. The maximum Gasteiger partial charge on any atom is 0.419 e. The van der Waals surface area contributed by atoms with Crippen molar-refractivity contribution < 1.29 is 4.42 Å². The number of nitrogens with zero attached hydrogens (tertiary/aromatic N) is 2. The van der Waals surface area contributed by atoms with E-state index in [1.807, 2.05) is 12.1 Å². The molecule has 0 fully saturated rings. The van der Waals surface area contributed by atoms with Crippen LogP contribution in [0.3, 0.4) is 0 Å². The molecule has 0 aliphatic heterocycles. The van der Waals surface area contributed by atoms with Gasteiger partial charge in [-0.25, -0.2) is 4.79 Å². The van der Waals surface area contributed by atoms with Gasteiger partial charge in [0.2, 0.25) is 0 Å². The van der Waals surface area contributed by atoms with Crippen LogP contribution in [0.2, 0.25) is 0 Å². The Morgan fingerprint density at radius 1 is 1.60 bits per heavy atom. The summed E-state index contributed by atoms with van der Waals surface area (Å²) in [5, 5.41) is 8.45. The van der Waals surface area contributed by atoms with Crippen LogP contribution in [0.1, 0.15) is 0 Å². The van der Waals surface area contributed by atoms with Crippen molar-refractivity contribution in [3.05, 3.63) is 28.7 Å². The van der Waals surface area contributed by atoms with Crippen molar-refractivity contribution in [2.45, 2.75) is 4.90 Å². The van der Waals surface area contributed by atoms with Crippen molar-refractivity contribution in [1.29, 1.82) is 5.26 Å². The van der Waals surface area contributed by atoms with Gasteiger partial charge < -0.3 is 4.42 Å². The predicted octanol–water partition coefficient (Wildman–Crippen LogP) is 1.75. The molecule has 76 valence electrons. The van der Waals surface area contributed by atoms with Gasteiger partial charge in [0, 0.05) is 11.9 Å². The number of thioether (sulfide) groups is 1. The molecule has 0 atom stereocenters. The first kappa shape index (κ1) is 9.87. The third-order valence-electron chi connectivity index (χ3n) is 2.07. The normalized spacial score (nSPS) is 10.4. The van der Waals surface area contributed by atoms with Gasteiger partial charge in [0.05, 0.1) is 17.3 Å². The van der Waals surface area contributed by atoms with Crippen LogP contribution >= 0.6 is 11.8 Å². The van der Waals surface area contributed by atoms with E-state index in [4.69, 9.17) is 9.68 Å². The number of oxazole rings is 1. The molecular weight excluding hydrogens is 212 g/mol. The number of hydrogen-bond donors (Lipinski definition) is 0. The van der Waals surface area contributed by atoms with E-state index in [-0.39, 0.29) is 5.76 Å². The number of nitriles is 1. The van der Waals surface area contributed by atoms with Crippen molar-refractivity contribution in [1.82, 2.24) is 4.57 Å². The Labute approximate surface area is 90.1 Å². The highest BCUT2D eigenvalue weighted by atomic mass is 32.2. The second-order valence-electron chi connectivity index (χ2n) is 3.00. The van der Waals surface area contributed by atoms with E-state index in [2.05, 4.69) is 6.07 Å². The van der Waals surface area contributed by atoms with Gasteiger partial charge in [0.25, 0.3) is 0 Å². The maximum atomic E-state index is 11.2. The Bertz CT molecular complexity index is 591. The Morgan fingerprint density at radius 2 is 2.40 bits per heavy atom. The Balaban J connectivity index is 2.51. The molecule has 0 spiro atoms. The lowest BCUT2D eigenvalue weighted by atomic mass is 10.3. The second kappa shape index (κ2) is 3.83. The highest BCUT2D eigenvalue weighted by Crippen LogP contribution is 2.22. The first-order valence-corrected chi connectivity index (χ1v) is 5.30. The SMILES string of the molecule is Cn1c(=O)oc2ccc(SCC#N)cc21. The van der Waals surface area contributed by atoms with E-state index >= 15 is 0 Å². The maximum absolute atomic E-state index is 11.2. The van der Waals surface area contributed by atoms with Crippen LogP contribution < -0.4 is 5.76 Å². The van der Waals surface area contributed by atoms with Crippen molar-refractivity contribution in [2.24, 2.45) is 7.05 Å². The molecule has 0 radical (unpaired) electrons. The highest BCUT2D eigenvalue weighted by Gasteiger charge is 2.06. The molecular formula is C10H8N2O2S. The van der Waals surface area contributed by atoms with Crippen LogP contribution in [0.25, 0.3) is 11.1 Å². The molecule has 0 bridgehead atoms. The quantitative estimate of drug-likeness (QED) is 0.723. The van der Waals surface area contributed by atoms with Gasteiger partial charge in [-0.15, -0.1) is 11.8 Å². The molecule has 1 aromatic carbocycles. The zero-order valence-corrected chi connectivity index (χ0v) is 8.87. The summed E-state index contributed by atoms with van der Waals surface area (Å²) >= 11 is 1.44. The number of benzene rings is 1. The van der Waals surface area contributed by atoms with E-state index < -0.39 is 0 Å². The number of aromatic nitrogens is 1. The smallest absolute Gasteiger partial charge is 0.408 e. The van der Waals surface area contributed by atoms with Gasteiger partial charge in [-0.2, -0.15) is 5.26 Å². The summed E-state index contributed by atoms with van der Waals surface area (Å²) in [6, 6.07) is 7.49. The molecule has 15 heavy (non-hydrogen) atoms. The molecule has 0 unspecified atom stereocenters. The minimum atomic E-state index is -0.368. The first-order chi connectivity index (χ1) is 7.22. The number of hydrogen-bond acceptors (Lipinski definition) is 4. The predicted molar refractivity (Wildman–Crippen MR) is 57.8 cm³/mol. The van der Waals surface area contributed by atoms with Crippen LogP contribution in [0.5, 0.6) is 0 Å². The van der Waals surface area contributed by atoms with E-state index in [1.165, 1.54) is 16.3 Å². The van der Waals surface area contributed by atoms with Gasteiger partial charge in [0.1, 0.15) is 0 Å². The van der Waals surface area contributed by atoms with E-state index in [9.17, 15) is 4.79 Å². The van der Waals surface area contributed by atoms with Crippen LogP contribution in [-0.2, 0) is 7.05 Å². The van der Waals surface area contributed by atoms with E-state index in [0.29, 0.717) is 11.3 Å². The molecule has 0 saturated carbocycles. The van der Waals surface area contributed by atoms with Crippen LogP contribution in [0, 0.1) is 11.3 Å². The molecule has 0 aliphatic rings. The average molecular weight is 220 g/mol. The molecule has 5 heteroatoms. The third kappa shape index (κ3) is 1.76. The van der Waals surface area contributed by atoms with Crippen LogP contribution in [0.15, 0.2) is 32.3 Å². The van der Waals surface area contributed by atoms with Crippen molar-refractivity contribution in [3.8, 4) is 6.07 Å². The third-order valence-corrected chi connectivity index (χ3v) is 2.93. The van der Waals surface area contributed by atoms with Crippen LogP contribution in [-0.4, -0.2) is 10.3 Å². The molecule has 1 aromatic heterocycles. The molecule has 2 rings (SSSR count). The fourth-order valence-electron chi connectivity index (χ4n) is 1.31. The topological polar surface area (TPSA) is 58.9 Å². The van der Waals surface area contributed by atoms with E-state index in [0.717, 1.165) is 10.4 Å². The first-order valence-electron chi connectivity index (χ1n) is 4.31. The van der Waals surface area contributed by atoms with Crippen molar-refractivity contribution >= 4 is 22.9 Å². The summed E-state index contributed by atoms with van der Waals surface area (Å²) in [4.78, 5) is 12.2. The highest BCUT2D eigenvalue weighted by molar-refractivity contribution is 7.99. The lowest BCUT2D eigenvalue weighted by Crippen LogP contribution is -2.08.